The van der Waals surface area contributed by atoms with Crippen LogP contribution in [-0.2, 0) is 13.1 Å². The number of aromatic nitrogens is 2. The number of hydrogen-bond acceptors (Lipinski definition) is 3. The molecule has 0 atom stereocenters. The van der Waals surface area contributed by atoms with E-state index in [1.165, 1.54) is 31.2 Å². The lowest BCUT2D eigenvalue weighted by Crippen LogP contribution is -2.14. The first-order chi connectivity index (χ1) is 14.4. The molecule has 1 N–H and O–H groups in total. The van der Waals surface area contributed by atoms with Crippen LogP contribution in [-0.4, -0.2) is 14.8 Å². The lowest BCUT2D eigenvalue weighted by atomic mass is 9.96. The summed E-state index contributed by atoms with van der Waals surface area (Å²) in [5.74, 6) is 0.358. The lowest BCUT2D eigenvalue weighted by molar-refractivity contribution is 0.349. The Morgan fingerprint density at radius 1 is 1.20 bits per heavy atom. The first-order valence-electron chi connectivity index (χ1n) is 11.0. The van der Waals surface area contributed by atoms with Crippen molar-refractivity contribution in [2.45, 2.75) is 70.7 Å². The Labute approximate surface area is 182 Å². The van der Waals surface area contributed by atoms with Crippen molar-refractivity contribution in [3.63, 3.8) is 0 Å². The predicted molar refractivity (Wildman–Crippen MR) is 124 cm³/mol. The van der Waals surface area contributed by atoms with Gasteiger partial charge in [0.1, 0.15) is 5.82 Å². The summed E-state index contributed by atoms with van der Waals surface area (Å²) >= 11 is 1.82. The van der Waals surface area contributed by atoms with Crippen LogP contribution in [0.1, 0.15) is 63.5 Å². The minimum atomic E-state index is -0.173. The van der Waals surface area contributed by atoms with Gasteiger partial charge in [-0.2, -0.15) is 0 Å². The number of benzene rings is 1. The van der Waals surface area contributed by atoms with Crippen molar-refractivity contribution < 1.29 is 4.39 Å². The summed E-state index contributed by atoms with van der Waals surface area (Å²) in [6.07, 6.45) is 8.95. The van der Waals surface area contributed by atoms with E-state index >= 15 is 4.39 Å². The SMILES string of the molecule is CC(C)(C)Cn1cc(CNSC2CC2)c2cc(F)c(-c3ncccc3C3CC3)cc21. The Kier molecular flexibility index (Phi) is 5.14. The van der Waals surface area contributed by atoms with Gasteiger partial charge in [0.25, 0.3) is 0 Å². The molecule has 2 aliphatic carbocycles. The molecule has 2 heterocycles. The largest absolute Gasteiger partial charge is 0.347 e. The molecule has 3 nitrogen and oxygen atoms in total. The highest BCUT2D eigenvalue weighted by atomic mass is 32.2. The standard InChI is InChI=1S/C25H30FN3S/c1-25(2,3)15-29-14-17(13-28-30-18-8-9-18)20-11-22(26)21(12-23(20)29)24-19(16-6-7-16)5-4-10-27-24/h4-5,10-12,14,16,18,28H,6-9,13,15H2,1-3H3. The first-order valence-corrected chi connectivity index (χ1v) is 11.9. The number of rotatable bonds is 7. The van der Waals surface area contributed by atoms with Crippen LogP contribution in [0, 0.1) is 11.2 Å². The van der Waals surface area contributed by atoms with Gasteiger partial charge in [0.05, 0.1) is 5.69 Å². The molecular weight excluding hydrogens is 393 g/mol. The smallest absolute Gasteiger partial charge is 0.133 e. The summed E-state index contributed by atoms with van der Waals surface area (Å²) in [6.45, 7) is 8.38. The van der Waals surface area contributed by atoms with Crippen LogP contribution in [0.25, 0.3) is 22.2 Å². The molecule has 0 saturated heterocycles. The molecule has 2 aliphatic rings. The normalized spacial score (nSPS) is 17.1. The van der Waals surface area contributed by atoms with Crippen LogP contribution in [0.5, 0.6) is 0 Å². The van der Waals surface area contributed by atoms with Crippen LogP contribution in [0.4, 0.5) is 4.39 Å². The monoisotopic (exact) mass is 423 g/mol. The summed E-state index contributed by atoms with van der Waals surface area (Å²) in [7, 11) is 0. The van der Waals surface area contributed by atoms with E-state index in [1.54, 1.807) is 12.3 Å². The second-order valence-electron chi connectivity index (χ2n) is 10.0. The van der Waals surface area contributed by atoms with Gasteiger partial charge in [-0.25, -0.2) is 4.39 Å². The zero-order valence-electron chi connectivity index (χ0n) is 18.0. The number of pyridine rings is 1. The van der Waals surface area contributed by atoms with Crippen molar-refractivity contribution in [1.29, 1.82) is 0 Å². The minimum Gasteiger partial charge on any atom is -0.347 e. The molecular formula is C25H30FN3S. The van der Waals surface area contributed by atoms with Gasteiger partial charge in [-0.15, -0.1) is 0 Å². The number of hydrogen-bond donors (Lipinski definition) is 1. The van der Waals surface area contributed by atoms with Crippen molar-refractivity contribution >= 4 is 22.9 Å². The minimum absolute atomic E-state index is 0.137. The second kappa shape index (κ2) is 7.69. The van der Waals surface area contributed by atoms with Crippen LogP contribution >= 0.6 is 11.9 Å². The molecule has 0 aliphatic heterocycles. The fourth-order valence-corrected chi connectivity index (χ4v) is 4.98. The highest BCUT2D eigenvalue weighted by Crippen LogP contribution is 2.44. The maximum absolute atomic E-state index is 15.4. The van der Waals surface area contributed by atoms with E-state index in [0.717, 1.165) is 40.5 Å². The summed E-state index contributed by atoms with van der Waals surface area (Å²) < 4.78 is 21.2. The molecule has 0 amide bonds. The van der Waals surface area contributed by atoms with Gasteiger partial charge in [0.15, 0.2) is 0 Å². The Bertz CT molecular complexity index is 1070. The lowest BCUT2D eigenvalue weighted by Gasteiger charge is -2.20. The number of nitrogens with zero attached hydrogens (tertiary/aromatic N) is 2. The van der Waals surface area contributed by atoms with Gasteiger partial charge in [-0.3, -0.25) is 9.71 Å². The molecule has 0 bridgehead atoms. The fourth-order valence-electron chi connectivity index (χ4n) is 4.14. The molecule has 1 aromatic carbocycles. The molecule has 0 unspecified atom stereocenters. The van der Waals surface area contributed by atoms with Crippen molar-refractivity contribution in [2.75, 3.05) is 0 Å². The molecule has 2 aromatic heterocycles. The Morgan fingerprint density at radius 3 is 2.70 bits per heavy atom. The molecule has 2 saturated carbocycles. The van der Waals surface area contributed by atoms with Gasteiger partial charge in [0, 0.05) is 47.2 Å². The van der Waals surface area contributed by atoms with Gasteiger partial charge in [-0.05, 0) is 66.3 Å². The zero-order valence-corrected chi connectivity index (χ0v) is 18.9. The van der Waals surface area contributed by atoms with E-state index in [-0.39, 0.29) is 11.2 Å². The third-order valence-electron chi connectivity index (χ3n) is 5.85. The molecule has 0 spiro atoms. The van der Waals surface area contributed by atoms with E-state index in [0.29, 0.717) is 11.5 Å². The van der Waals surface area contributed by atoms with E-state index in [1.807, 2.05) is 24.1 Å². The summed E-state index contributed by atoms with van der Waals surface area (Å²) in [5.41, 5.74) is 5.03. The summed E-state index contributed by atoms with van der Waals surface area (Å²) in [4.78, 5) is 4.60. The highest BCUT2D eigenvalue weighted by Gasteiger charge is 2.28. The van der Waals surface area contributed by atoms with Crippen LogP contribution in [0.3, 0.4) is 0 Å². The second-order valence-corrected chi connectivity index (χ2v) is 11.2. The van der Waals surface area contributed by atoms with E-state index in [4.69, 9.17) is 0 Å². The highest BCUT2D eigenvalue weighted by molar-refractivity contribution is 7.98. The average molecular weight is 424 g/mol. The Hall–Kier alpha value is -1.85. The maximum atomic E-state index is 15.4. The van der Waals surface area contributed by atoms with Gasteiger partial charge < -0.3 is 4.57 Å². The number of fused-ring (bicyclic) bond motifs is 1. The fraction of sp³-hybridized carbons (Fsp3) is 0.480. The van der Waals surface area contributed by atoms with Gasteiger partial charge in [-0.1, -0.05) is 38.8 Å². The van der Waals surface area contributed by atoms with Crippen LogP contribution < -0.4 is 4.72 Å². The summed E-state index contributed by atoms with van der Waals surface area (Å²) in [5, 5.41) is 1.76. The van der Waals surface area contributed by atoms with E-state index < -0.39 is 0 Å². The Morgan fingerprint density at radius 2 is 2.00 bits per heavy atom. The first kappa shape index (κ1) is 20.1. The average Bonchev–Trinajstić information content (AvgIpc) is 3.60. The van der Waals surface area contributed by atoms with Crippen molar-refractivity contribution in [3.05, 3.63) is 53.6 Å². The zero-order chi connectivity index (χ0) is 20.9. The van der Waals surface area contributed by atoms with Gasteiger partial charge >= 0.3 is 0 Å². The van der Waals surface area contributed by atoms with E-state index in [9.17, 15) is 0 Å². The molecule has 5 rings (SSSR count). The molecule has 158 valence electrons. The van der Waals surface area contributed by atoms with Gasteiger partial charge in [0.2, 0.25) is 0 Å². The van der Waals surface area contributed by atoms with Crippen molar-refractivity contribution in [2.24, 2.45) is 5.41 Å². The quantitative estimate of drug-likeness (QED) is 0.431. The molecule has 2 fully saturated rings. The molecule has 3 aromatic rings. The number of halogens is 1. The van der Waals surface area contributed by atoms with Crippen LogP contribution in [0.15, 0.2) is 36.7 Å². The van der Waals surface area contributed by atoms with Crippen LogP contribution in [0.2, 0.25) is 0 Å². The molecule has 0 radical (unpaired) electrons. The number of nitrogens with one attached hydrogen (secondary N) is 1. The molecule has 30 heavy (non-hydrogen) atoms. The Balaban J connectivity index is 1.58. The topological polar surface area (TPSA) is 29.9 Å². The van der Waals surface area contributed by atoms with Crippen molar-refractivity contribution in [1.82, 2.24) is 14.3 Å². The van der Waals surface area contributed by atoms with E-state index in [2.05, 4.69) is 47.3 Å². The predicted octanol–water partition coefficient (Wildman–Crippen LogP) is 6.67. The third-order valence-corrected chi connectivity index (χ3v) is 6.96. The third kappa shape index (κ3) is 4.28. The van der Waals surface area contributed by atoms with Crippen molar-refractivity contribution in [3.8, 4) is 11.3 Å². The molecule has 5 heteroatoms. The maximum Gasteiger partial charge on any atom is 0.133 e. The summed E-state index contributed by atoms with van der Waals surface area (Å²) in [6, 6.07) is 7.84.